The van der Waals surface area contributed by atoms with Gasteiger partial charge in [0.25, 0.3) is 11.8 Å². The van der Waals surface area contributed by atoms with E-state index in [1.165, 1.54) is 4.90 Å². The van der Waals surface area contributed by atoms with Crippen molar-refractivity contribution in [2.45, 2.75) is 19.8 Å². The first-order chi connectivity index (χ1) is 15.9. The highest BCUT2D eigenvalue weighted by Gasteiger charge is 2.43. The highest BCUT2D eigenvalue weighted by Crippen LogP contribution is 2.38. The Morgan fingerprint density at radius 3 is 2.00 bits per heavy atom. The Morgan fingerprint density at radius 1 is 0.848 bits per heavy atom. The van der Waals surface area contributed by atoms with E-state index in [0.29, 0.717) is 60.5 Å². The molecule has 176 valence electrons. The minimum absolute atomic E-state index is 0.317. The number of methoxy groups -OCH3 is 3. The Bertz CT molecular complexity index is 1010. The molecule has 2 amide bonds. The van der Waals surface area contributed by atoms with Gasteiger partial charge in [-0.2, -0.15) is 0 Å². The second-order valence-electron chi connectivity index (χ2n) is 8.09. The van der Waals surface area contributed by atoms with E-state index in [1.54, 1.807) is 33.5 Å². The molecule has 0 aliphatic carbocycles. The van der Waals surface area contributed by atoms with Crippen LogP contribution in [0.3, 0.4) is 0 Å². The molecular formula is C26H32N2O5. The summed E-state index contributed by atoms with van der Waals surface area (Å²) in [5.74, 6) is 0.129. The van der Waals surface area contributed by atoms with Gasteiger partial charge in [-0.15, -0.1) is 0 Å². The van der Waals surface area contributed by atoms with Crippen molar-refractivity contribution in [2.24, 2.45) is 0 Å². The fraction of sp³-hybridized carbons (Fsp3) is 0.385. The van der Waals surface area contributed by atoms with Crippen molar-refractivity contribution in [3.63, 3.8) is 0 Å². The highest BCUT2D eigenvalue weighted by molar-refractivity contribution is 6.45. The van der Waals surface area contributed by atoms with Crippen molar-refractivity contribution in [3.8, 4) is 5.75 Å². The summed E-state index contributed by atoms with van der Waals surface area (Å²) >= 11 is 0. The van der Waals surface area contributed by atoms with Gasteiger partial charge in [0.05, 0.1) is 31.6 Å². The van der Waals surface area contributed by atoms with Gasteiger partial charge in [-0.1, -0.05) is 44.2 Å². The zero-order valence-corrected chi connectivity index (χ0v) is 20.0. The molecule has 0 saturated heterocycles. The van der Waals surface area contributed by atoms with Crippen LogP contribution in [0.4, 0.5) is 5.69 Å². The molecule has 0 spiro atoms. The maximum Gasteiger partial charge on any atom is 0.282 e. The number of hydrogen-bond acceptors (Lipinski definition) is 6. The second kappa shape index (κ2) is 11.1. The monoisotopic (exact) mass is 452 g/mol. The number of carbonyl (C=O) groups is 2. The van der Waals surface area contributed by atoms with Crippen LogP contribution in [0.5, 0.6) is 5.75 Å². The lowest BCUT2D eigenvalue weighted by atomic mass is 10.0. The van der Waals surface area contributed by atoms with Crippen molar-refractivity contribution in [3.05, 3.63) is 65.4 Å². The Hall–Kier alpha value is -3.16. The molecule has 0 unspecified atom stereocenters. The molecule has 0 atom stereocenters. The third-order valence-electron chi connectivity index (χ3n) is 5.70. The Morgan fingerprint density at radius 2 is 1.45 bits per heavy atom. The molecule has 7 nitrogen and oxygen atoms in total. The average Bonchev–Trinajstić information content (AvgIpc) is 3.08. The minimum atomic E-state index is -0.378. The van der Waals surface area contributed by atoms with Gasteiger partial charge in [-0.05, 0) is 29.7 Å². The van der Waals surface area contributed by atoms with E-state index in [0.717, 1.165) is 5.56 Å². The lowest BCUT2D eigenvalue weighted by Crippen LogP contribution is -2.37. The summed E-state index contributed by atoms with van der Waals surface area (Å²) < 4.78 is 16.1. The van der Waals surface area contributed by atoms with Crippen LogP contribution in [0.15, 0.2) is 54.2 Å². The molecule has 0 bridgehead atoms. The number of hydrogen-bond donors (Lipinski definition) is 0. The van der Waals surface area contributed by atoms with Crippen LogP contribution in [0.1, 0.15) is 30.9 Å². The van der Waals surface area contributed by atoms with Gasteiger partial charge in [-0.3, -0.25) is 9.59 Å². The van der Waals surface area contributed by atoms with Crippen molar-refractivity contribution >= 4 is 23.1 Å². The molecule has 1 aliphatic heterocycles. The quantitative estimate of drug-likeness (QED) is 0.485. The maximum absolute atomic E-state index is 13.8. The summed E-state index contributed by atoms with van der Waals surface area (Å²) in [6.45, 7) is 5.88. The first-order valence-corrected chi connectivity index (χ1v) is 11.0. The predicted molar refractivity (Wildman–Crippen MR) is 128 cm³/mol. The average molecular weight is 453 g/mol. The van der Waals surface area contributed by atoms with Crippen molar-refractivity contribution in [1.29, 1.82) is 0 Å². The van der Waals surface area contributed by atoms with Gasteiger partial charge in [0.15, 0.2) is 0 Å². The molecule has 0 N–H and O–H groups in total. The molecule has 1 aliphatic rings. The molecule has 1 heterocycles. The van der Waals surface area contributed by atoms with Crippen molar-refractivity contribution < 1.29 is 23.8 Å². The number of benzene rings is 2. The number of para-hydroxylation sites is 1. The summed E-state index contributed by atoms with van der Waals surface area (Å²) in [6, 6.07) is 14.8. The molecule has 0 aromatic heterocycles. The number of anilines is 1. The fourth-order valence-corrected chi connectivity index (χ4v) is 3.89. The number of carbonyl (C=O) groups excluding carboxylic acids is 2. The van der Waals surface area contributed by atoms with E-state index in [2.05, 4.69) is 13.8 Å². The minimum Gasteiger partial charge on any atom is -0.496 e. The van der Waals surface area contributed by atoms with E-state index in [1.807, 2.05) is 41.3 Å². The molecule has 2 aromatic carbocycles. The van der Waals surface area contributed by atoms with Crippen LogP contribution < -0.4 is 9.64 Å². The maximum atomic E-state index is 13.8. The lowest BCUT2D eigenvalue weighted by molar-refractivity contribution is -0.120. The summed E-state index contributed by atoms with van der Waals surface area (Å²) in [4.78, 5) is 30.6. The van der Waals surface area contributed by atoms with Crippen LogP contribution in [-0.4, -0.2) is 64.3 Å². The number of imide groups is 1. The van der Waals surface area contributed by atoms with Crippen LogP contribution in [0.2, 0.25) is 0 Å². The van der Waals surface area contributed by atoms with Crippen molar-refractivity contribution in [2.75, 3.05) is 52.5 Å². The number of rotatable bonds is 11. The van der Waals surface area contributed by atoms with E-state index < -0.39 is 0 Å². The highest BCUT2D eigenvalue weighted by atomic mass is 16.5. The molecule has 2 aromatic rings. The van der Waals surface area contributed by atoms with E-state index in [4.69, 9.17) is 14.2 Å². The normalized spacial score (nSPS) is 13.9. The molecule has 0 fully saturated rings. The van der Waals surface area contributed by atoms with E-state index in [-0.39, 0.29) is 11.8 Å². The Balaban J connectivity index is 2.14. The molecular weight excluding hydrogens is 420 g/mol. The second-order valence-corrected chi connectivity index (χ2v) is 8.09. The topological polar surface area (TPSA) is 68.3 Å². The molecule has 0 radical (unpaired) electrons. The number of ether oxygens (including phenoxy) is 3. The van der Waals surface area contributed by atoms with Gasteiger partial charge in [0.1, 0.15) is 11.4 Å². The Kier molecular flexibility index (Phi) is 8.25. The summed E-state index contributed by atoms with van der Waals surface area (Å²) in [6.07, 6.45) is 0. The fourth-order valence-electron chi connectivity index (χ4n) is 3.89. The standard InChI is InChI=1S/C26H32N2O5/c1-18(2)19-10-12-20(13-11-19)28-25(29)23(21-8-6-7-9-22(21)33-5)24(26(28)30)27(14-16-31-3)15-17-32-4/h6-13,18H,14-17H2,1-5H3. The van der Waals surface area contributed by atoms with Gasteiger partial charge >= 0.3 is 0 Å². The van der Waals surface area contributed by atoms with Gasteiger partial charge in [0.2, 0.25) is 0 Å². The summed E-state index contributed by atoms with van der Waals surface area (Å²) in [5.41, 5.74) is 2.90. The SMILES string of the molecule is COCCN(CCOC)C1=C(c2ccccc2OC)C(=O)N(c2ccc(C(C)C)cc2)C1=O. The molecule has 0 saturated carbocycles. The Labute approximate surface area is 195 Å². The predicted octanol–water partition coefficient (Wildman–Crippen LogP) is 3.70. The first kappa shape index (κ1) is 24.5. The lowest BCUT2D eigenvalue weighted by Gasteiger charge is -2.26. The molecule has 3 rings (SSSR count). The van der Waals surface area contributed by atoms with E-state index in [9.17, 15) is 9.59 Å². The number of amides is 2. The summed E-state index contributed by atoms with van der Waals surface area (Å²) in [7, 11) is 4.76. The van der Waals surface area contributed by atoms with Crippen molar-refractivity contribution in [1.82, 2.24) is 4.90 Å². The van der Waals surface area contributed by atoms with E-state index >= 15 is 0 Å². The van der Waals surface area contributed by atoms with Crippen LogP contribution in [0.25, 0.3) is 5.57 Å². The van der Waals surface area contributed by atoms with Crippen LogP contribution in [-0.2, 0) is 19.1 Å². The molecule has 33 heavy (non-hydrogen) atoms. The molecule has 7 heteroatoms. The third-order valence-corrected chi connectivity index (χ3v) is 5.70. The third kappa shape index (κ3) is 5.10. The van der Waals surface area contributed by atoms with Crippen LogP contribution in [0, 0.1) is 0 Å². The van der Waals surface area contributed by atoms with Gasteiger partial charge < -0.3 is 19.1 Å². The zero-order valence-electron chi connectivity index (χ0n) is 20.0. The van der Waals surface area contributed by atoms with Crippen LogP contribution >= 0.6 is 0 Å². The summed E-state index contributed by atoms with van der Waals surface area (Å²) in [5, 5.41) is 0. The zero-order chi connectivity index (χ0) is 24.0. The smallest absolute Gasteiger partial charge is 0.282 e. The van der Waals surface area contributed by atoms with Gasteiger partial charge in [0, 0.05) is 32.9 Å². The largest absolute Gasteiger partial charge is 0.496 e. The van der Waals surface area contributed by atoms with Gasteiger partial charge in [-0.25, -0.2) is 4.90 Å². The number of nitrogens with zero attached hydrogens (tertiary/aromatic N) is 2. The first-order valence-electron chi connectivity index (χ1n) is 11.0.